The number of nitrogen functional groups attached to an aromatic ring is 3. The minimum atomic E-state index is 0.171. The maximum absolute atomic E-state index is 11.6. The highest BCUT2D eigenvalue weighted by Gasteiger charge is 2.10. The fourth-order valence-corrected chi connectivity index (χ4v) is 1.61. The van der Waals surface area contributed by atoms with Crippen molar-refractivity contribution in [2.24, 2.45) is 0 Å². The van der Waals surface area contributed by atoms with Crippen LogP contribution >= 0.6 is 0 Å². The Labute approximate surface area is 95.8 Å². The predicted octanol–water partition coefficient (Wildman–Crippen LogP) is 1.74. The normalized spacial score (nSPS) is 10.3. The fraction of sp³-hybridized carbons (Fsp3) is 0.417. The summed E-state index contributed by atoms with van der Waals surface area (Å²) in [7, 11) is 0. The Morgan fingerprint density at radius 2 is 1.75 bits per heavy atom. The Morgan fingerprint density at radius 1 is 1.19 bits per heavy atom. The van der Waals surface area contributed by atoms with E-state index in [1.807, 2.05) is 0 Å². The van der Waals surface area contributed by atoms with Crippen molar-refractivity contribution in [2.75, 3.05) is 17.2 Å². The van der Waals surface area contributed by atoms with Gasteiger partial charge in [-0.2, -0.15) is 0 Å². The Morgan fingerprint density at radius 3 is 2.25 bits per heavy atom. The fourth-order valence-electron chi connectivity index (χ4n) is 1.61. The van der Waals surface area contributed by atoms with E-state index in [1.54, 1.807) is 12.1 Å². The second-order valence-electron chi connectivity index (χ2n) is 4.00. The Hall–Kier alpha value is -1.71. The summed E-state index contributed by atoms with van der Waals surface area (Å²) in [5.74, 6) is 0.171. The second-order valence-corrected chi connectivity index (χ2v) is 4.00. The zero-order valence-corrected chi connectivity index (χ0v) is 9.62. The minimum Gasteiger partial charge on any atom is -0.399 e. The molecule has 0 aliphatic heterocycles. The smallest absolute Gasteiger partial charge is 0.137 e. The van der Waals surface area contributed by atoms with Gasteiger partial charge in [-0.15, -0.1) is 0 Å². The molecule has 16 heavy (non-hydrogen) atoms. The lowest BCUT2D eigenvalue weighted by Crippen LogP contribution is -2.08. The summed E-state index contributed by atoms with van der Waals surface area (Å²) in [5.41, 5.74) is 19.4. The number of rotatable bonds is 5. The number of carbonyl (C=O) groups is 1. The Balaban J connectivity index is 2.77. The highest BCUT2D eigenvalue weighted by Crippen LogP contribution is 2.24. The first-order valence-corrected chi connectivity index (χ1v) is 5.49. The summed E-state index contributed by atoms with van der Waals surface area (Å²) in [6.07, 6.45) is 2.81. The van der Waals surface area contributed by atoms with Crippen molar-refractivity contribution in [3.05, 3.63) is 17.7 Å². The first kappa shape index (κ1) is 12.4. The third-order valence-corrected chi connectivity index (χ3v) is 2.52. The molecule has 0 atom stereocenters. The quantitative estimate of drug-likeness (QED) is 0.660. The molecule has 0 aromatic heterocycles. The van der Waals surface area contributed by atoms with Gasteiger partial charge in [-0.1, -0.05) is 13.3 Å². The molecule has 0 unspecified atom stereocenters. The van der Waals surface area contributed by atoms with Crippen LogP contribution in [0.25, 0.3) is 0 Å². The molecule has 0 aliphatic rings. The number of Topliss-reactive ketones (excluding diaryl/α,β-unsaturated/α-hetero) is 1. The van der Waals surface area contributed by atoms with Gasteiger partial charge < -0.3 is 17.2 Å². The summed E-state index contributed by atoms with van der Waals surface area (Å²) in [5, 5.41) is 0. The molecule has 0 saturated carbocycles. The molecule has 0 heterocycles. The zero-order chi connectivity index (χ0) is 12.1. The molecular weight excluding hydrogens is 202 g/mol. The van der Waals surface area contributed by atoms with Crippen LogP contribution in [0.1, 0.15) is 31.7 Å². The molecule has 0 amide bonds. The van der Waals surface area contributed by atoms with Gasteiger partial charge >= 0.3 is 0 Å². The lowest BCUT2D eigenvalue weighted by molar-refractivity contribution is -0.118. The molecular formula is C12H19N3O. The van der Waals surface area contributed by atoms with E-state index in [4.69, 9.17) is 17.2 Å². The van der Waals surface area contributed by atoms with Gasteiger partial charge in [0, 0.05) is 35.5 Å². The zero-order valence-electron chi connectivity index (χ0n) is 9.62. The molecule has 4 nitrogen and oxygen atoms in total. The Bertz CT molecular complexity index is 365. The van der Waals surface area contributed by atoms with Crippen molar-refractivity contribution in [1.82, 2.24) is 0 Å². The van der Waals surface area contributed by atoms with Gasteiger partial charge in [0.25, 0.3) is 0 Å². The number of hydrogen-bond acceptors (Lipinski definition) is 4. The van der Waals surface area contributed by atoms with E-state index in [1.165, 1.54) is 0 Å². The number of ketones is 1. The molecule has 6 N–H and O–H groups in total. The van der Waals surface area contributed by atoms with Crippen molar-refractivity contribution in [3.8, 4) is 0 Å². The van der Waals surface area contributed by atoms with E-state index in [0.717, 1.165) is 12.8 Å². The molecule has 1 rings (SSSR count). The Kier molecular flexibility index (Phi) is 4.17. The van der Waals surface area contributed by atoms with Gasteiger partial charge in [0.05, 0.1) is 0 Å². The van der Waals surface area contributed by atoms with Gasteiger partial charge in [-0.3, -0.25) is 4.79 Å². The number of carbonyl (C=O) groups excluding carboxylic acids is 1. The summed E-state index contributed by atoms with van der Waals surface area (Å²) >= 11 is 0. The third-order valence-electron chi connectivity index (χ3n) is 2.52. The summed E-state index contributed by atoms with van der Waals surface area (Å²) in [6, 6.07) is 3.28. The molecule has 88 valence electrons. The van der Waals surface area contributed by atoms with E-state index >= 15 is 0 Å². The summed E-state index contributed by atoms with van der Waals surface area (Å²) < 4.78 is 0. The molecule has 1 aromatic carbocycles. The molecule has 4 heteroatoms. The van der Waals surface area contributed by atoms with Crippen LogP contribution in [0.3, 0.4) is 0 Å². The number of unbranched alkanes of at least 4 members (excludes halogenated alkanes) is 1. The standard InChI is InChI=1S/C12H19N3O/c1-2-3-4-9(16)7-10-11(14)5-8(13)6-12(10)15/h5-6H,2-4,7,13-15H2,1H3. The lowest BCUT2D eigenvalue weighted by Gasteiger charge is -2.09. The van der Waals surface area contributed by atoms with Crippen molar-refractivity contribution < 1.29 is 4.79 Å². The van der Waals surface area contributed by atoms with E-state index in [-0.39, 0.29) is 5.78 Å². The van der Waals surface area contributed by atoms with E-state index in [2.05, 4.69) is 6.92 Å². The average Bonchev–Trinajstić information content (AvgIpc) is 2.20. The van der Waals surface area contributed by atoms with Crippen LogP contribution in [0.5, 0.6) is 0 Å². The average molecular weight is 221 g/mol. The number of anilines is 3. The first-order chi connectivity index (χ1) is 7.54. The van der Waals surface area contributed by atoms with Gasteiger partial charge in [0.2, 0.25) is 0 Å². The van der Waals surface area contributed by atoms with Crippen LogP contribution in [-0.4, -0.2) is 5.78 Å². The molecule has 0 saturated heterocycles. The van der Waals surface area contributed by atoms with E-state index in [0.29, 0.717) is 35.5 Å². The van der Waals surface area contributed by atoms with Crippen LogP contribution < -0.4 is 17.2 Å². The third kappa shape index (κ3) is 3.15. The van der Waals surface area contributed by atoms with Gasteiger partial charge in [0.1, 0.15) is 5.78 Å². The van der Waals surface area contributed by atoms with Crippen LogP contribution in [0.4, 0.5) is 17.1 Å². The van der Waals surface area contributed by atoms with Crippen molar-refractivity contribution in [1.29, 1.82) is 0 Å². The summed E-state index contributed by atoms with van der Waals surface area (Å²) in [4.78, 5) is 11.6. The highest BCUT2D eigenvalue weighted by atomic mass is 16.1. The largest absolute Gasteiger partial charge is 0.399 e. The molecule has 0 radical (unpaired) electrons. The monoisotopic (exact) mass is 221 g/mol. The highest BCUT2D eigenvalue weighted by molar-refractivity contribution is 5.85. The minimum absolute atomic E-state index is 0.171. The predicted molar refractivity (Wildman–Crippen MR) is 67.9 cm³/mol. The van der Waals surface area contributed by atoms with Crippen LogP contribution in [0.2, 0.25) is 0 Å². The molecule has 0 bridgehead atoms. The SMILES string of the molecule is CCCCC(=O)Cc1c(N)cc(N)cc1N. The van der Waals surface area contributed by atoms with Gasteiger partial charge in [-0.25, -0.2) is 0 Å². The van der Waals surface area contributed by atoms with Crippen LogP contribution in [0, 0.1) is 0 Å². The van der Waals surface area contributed by atoms with Crippen LogP contribution in [-0.2, 0) is 11.2 Å². The van der Waals surface area contributed by atoms with E-state index < -0.39 is 0 Å². The number of benzene rings is 1. The van der Waals surface area contributed by atoms with Crippen molar-refractivity contribution in [2.45, 2.75) is 32.6 Å². The molecule has 0 spiro atoms. The molecule has 1 aromatic rings. The van der Waals surface area contributed by atoms with Crippen molar-refractivity contribution in [3.63, 3.8) is 0 Å². The summed E-state index contributed by atoms with van der Waals surface area (Å²) in [6.45, 7) is 2.05. The lowest BCUT2D eigenvalue weighted by atomic mass is 10.0. The number of hydrogen-bond donors (Lipinski definition) is 3. The molecule has 0 aliphatic carbocycles. The first-order valence-electron chi connectivity index (χ1n) is 5.49. The maximum Gasteiger partial charge on any atom is 0.137 e. The van der Waals surface area contributed by atoms with Gasteiger partial charge in [-0.05, 0) is 18.6 Å². The maximum atomic E-state index is 11.6. The molecule has 0 fully saturated rings. The topological polar surface area (TPSA) is 95.1 Å². The van der Waals surface area contributed by atoms with E-state index in [9.17, 15) is 4.79 Å². The number of nitrogens with two attached hydrogens (primary N) is 3. The van der Waals surface area contributed by atoms with Crippen molar-refractivity contribution >= 4 is 22.8 Å². The van der Waals surface area contributed by atoms with Crippen LogP contribution in [0.15, 0.2) is 12.1 Å². The van der Waals surface area contributed by atoms with Gasteiger partial charge in [0.15, 0.2) is 0 Å². The second kappa shape index (κ2) is 5.39.